The van der Waals surface area contributed by atoms with Crippen LogP contribution in [0.2, 0.25) is 0 Å². The predicted octanol–water partition coefficient (Wildman–Crippen LogP) is 3.21. The van der Waals surface area contributed by atoms with Crippen LogP contribution in [-0.4, -0.2) is 24.1 Å². The van der Waals surface area contributed by atoms with Crippen LogP contribution >= 0.6 is 0 Å². The van der Waals surface area contributed by atoms with Crippen molar-refractivity contribution in [2.75, 3.05) is 18.0 Å². The van der Waals surface area contributed by atoms with Crippen molar-refractivity contribution in [1.29, 1.82) is 0 Å². The van der Waals surface area contributed by atoms with E-state index in [-0.39, 0.29) is 0 Å². The fourth-order valence-electron chi connectivity index (χ4n) is 2.86. The van der Waals surface area contributed by atoms with Gasteiger partial charge in [0.1, 0.15) is 0 Å². The second-order valence-electron chi connectivity index (χ2n) is 5.87. The summed E-state index contributed by atoms with van der Waals surface area (Å²) >= 11 is 0. The lowest BCUT2D eigenvalue weighted by molar-refractivity contribution is 0.389. The Morgan fingerprint density at radius 2 is 2.21 bits per heavy atom. The molecule has 1 N–H and O–H groups in total. The van der Waals surface area contributed by atoms with Crippen LogP contribution in [0, 0.1) is 5.92 Å². The summed E-state index contributed by atoms with van der Waals surface area (Å²) in [5.74, 6) is 0.792. The van der Waals surface area contributed by atoms with Crippen LogP contribution in [-0.2, 0) is 6.54 Å². The first-order chi connectivity index (χ1) is 9.22. The van der Waals surface area contributed by atoms with Crippen LogP contribution in [0.5, 0.6) is 0 Å². The van der Waals surface area contributed by atoms with Crippen molar-refractivity contribution in [1.82, 2.24) is 10.3 Å². The summed E-state index contributed by atoms with van der Waals surface area (Å²) in [6.45, 7) is 10.1. The summed E-state index contributed by atoms with van der Waals surface area (Å²) in [7, 11) is 0. The van der Waals surface area contributed by atoms with Gasteiger partial charge in [-0.1, -0.05) is 13.8 Å². The highest BCUT2D eigenvalue weighted by Crippen LogP contribution is 2.29. The number of hydrogen-bond acceptors (Lipinski definition) is 3. The van der Waals surface area contributed by atoms with Crippen LogP contribution in [0.1, 0.15) is 45.6 Å². The van der Waals surface area contributed by atoms with Gasteiger partial charge in [-0.2, -0.15) is 0 Å². The smallest absolute Gasteiger partial charge is 0.0445 e. The topological polar surface area (TPSA) is 28.2 Å². The highest BCUT2D eigenvalue weighted by atomic mass is 15.2. The van der Waals surface area contributed by atoms with Gasteiger partial charge in [0, 0.05) is 42.8 Å². The second-order valence-corrected chi connectivity index (χ2v) is 5.87. The molecule has 106 valence electrons. The first-order valence-corrected chi connectivity index (χ1v) is 7.62. The first-order valence-electron chi connectivity index (χ1n) is 7.62. The summed E-state index contributed by atoms with van der Waals surface area (Å²) < 4.78 is 0. The fraction of sp³-hybridized carbons (Fsp3) is 0.688. The molecular formula is C16H27N3. The number of rotatable bonds is 5. The normalized spacial score (nSPS) is 23.6. The molecule has 1 aromatic heterocycles. The van der Waals surface area contributed by atoms with Gasteiger partial charge in [-0.3, -0.25) is 4.98 Å². The van der Waals surface area contributed by atoms with E-state index in [1.165, 1.54) is 37.1 Å². The highest BCUT2D eigenvalue weighted by Gasteiger charge is 2.24. The zero-order chi connectivity index (χ0) is 13.7. The molecule has 0 aromatic carbocycles. The third kappa shape index (κ3) is 3.69. The van der Waals surface area contributed by atoms with Gasteiger partial charge in [0.15, 0.2) is 0 Å². The molecule has 1 fully saturated rings. The van der Waals surface area contributed by atoms with Crippen molar-refractivity contribution in [3.8, 4) is 0 Å². The molecule has 3 heteroatoms. The van der Waals surface area contributed by atoms with E-state index in [2.05, 4.69) is 42.0 Å². The summed E-state index contributed by atoms with van der Waals surface area (Å²) in [4.78, 5) is 6.86. The predicted molar refractivity (Wildman–Crippen MR) is 81.4 cm³/mol. The minimum absolute atomic E-state index is 0.642. The lowest BCUT2D eigenvalue weighted by Crippen LogP contribution is -2.41. The van der Waals surface area contributed by atoms with Gasteiger partial charge in [-0.05, 0) is 44.7 Å². The quantitative estimate of drug-likeness (QED) is 0.825. The fourth-order valence-corrected chi connectivity index (χ4v) is 2.86. The Labute approximate surface area is 117 Å². The Hall–Kier alpha value is -1.09. The highest BCUT2D eigenvalue weighted by molar-refractivity contribution is 5.53. The van der Waals surface area contributed by atoms with E-state index in [4.69, 9.17) is 0 Å². The number of aromatic nitrogens is 1. The van der Waals surface area contributed by atoms with E-state index in [9.17, 15) is 0 Å². The number of hydrogen-bond donors (Lipinski definition) is 1. The molecule has 0 aliphatic carbocycles. The average Bonchev–Trinajstić information content (AvgIpc) is 2.42. The third-order valence-corrected chi connectivity index (χ3v) is 4.05. The van der Waals surface area contributed by atoms with Crippen LogP contribution in [0.15, 0.2) is 18.5 Å². The summed E-state index contributed by atoms with van der Waals surface area (Å²) in [6, 6.07) is 2.82. The van der Waals surface area contributed by atoms with E-state index in [0.717, 1.165) is 19.0 Å². The van der Waals surface area contributed by atoms with E-state index in [1.54, 1.807) is 0 Å². The molecule has 1 saturated heterocycles. The standard InChI is InChI=1S/C16H27N3/c1-4-8-17-10-15-11-18-9-7-16(15)19-12-13(2)5-6-14(19)3/h7,9,11,13-14,17H,4-6,8,10,12H2,1-3H3. The van der Waals surface area contributed by atoms with Crippen LogP contribution in [0.4, 0.5) is 5.69 Å². The maximum absolute atomic E-state index is 4.30. The zero-order valence-electron chi connectivity index (χ0n) is 12.5. The van der Waals surface area contributed by atoms with Crippen molar-refractivity contribution in [2.24, 2.45) is 5.92 Å². The van der Waals surface area contributed by atoms with Crippen molar-refractivity contribution in [3.05, 3.63) is 24.0 Å². The lowest BCUT2D eigenvalue weighted by atomic mass is 9.94. The molecule has 2 unspecified atom stereocenters. The van der Waals surface area contributed by atoms with Crippen molar-refractivity contribution < 1.29 is 0 Å². The van der Waals surface area contributed by atoms with Crippen LogP contribution in [0.25, 0.3) is 0 Å². The molecule has 0 bridgehead atoms. The molecule has 3 nitrogen and oxygen atoms in total. The van der Waals surface area contributed by atoms with Gasteiger partial charge >= 0.3 is 0 Å². The minimum atomic E-state index is 0.642. The van der Waals surface area contributed by atoms with Gasteiger partial charge in [0.2, 0.25) is 0 Å². The summed E-state index contributed by atoms with van der Waals surface area (Å²) in [6.07, 6.45) is 7.76. The SMILES string of the molecule is CCCNCc1cnccc1N1CC(C)CCC1C. The number of nitrogens with zero attached hydrogens (tertiary/aromatic N) is 2. The molecular weight excluding hydrogens is 234 g/mol. The van der Waals surface area contributed by atoms with Crippen molar-refractivity contribution in [3.63, 3.8) is 0 Å². The maximum Gasteiger partial charge on any atom is 0.0445 e. The van der Waals surface area contributed by atoms with Crippen LogP contribution in [0.3, 0.4) is 0 Å². The molecule has 2 rings (SSSR count). The number of anilines is 1. The van der Waals surface area contributed by atoms with E-state index in [0.29, 0.717) is 6.04 Å². The van der Waals surface area contributed by atoms with Gasteiger partial charge in [-0.15, -0.1) is 0 Å². The Morgan fingerprint density at radius 3 is 3.00 bits per heavy atom. The molecule has 2 atom stereocenters. The molecule has 1 aliphatic rings. The van der Waals surface area contributed by atoms with E-state index in [1.807, 2.05) is 12.4 Å². The molecule has 2 heterocycles. The van der Waals surface area contributed by atoms with E-state index < -0.39 is 0 Å². The van der Waals surface area contributed by atoms with Crippen molar-refractivity contribution >= 4 is 5.69 Å². The lowest BCUT2D eigenvalue weighted by Gasteiger charge is -2.39. The molecule has 1 aliphatic heterocycles. The maximum atomic E-state index is 4.30. The van der Waals surface area contributed by atoms with Crippen molar-refractivity contribution in [2.45, 2.75) is 52.6 Å². The monoisotopic (exact) mass is 261 g/mol. The van der Waals surface area contributed by atoms with E-state index >= 15 is 0 Å². The summed E-state index contributed by atoms with van der Waals surface area (Å²) in [5.41, 5.74) is 2.70. The molecule has 0 spiro atoms. The zero-order valence-corrected chi connectivity index (χ0v) is 12.5. The second kappa shape index (κ2) is 6.90. The minimum Gasteiger partial charge on any atom is -0.368 e. The Balaban J connectivity index is 2.13. The van der Waals surface area contributed by atoms with Gasteiger partial charge in [-0.25, -0.2) is 0 Å². The number of nitrogens with one attached hydrogen (secondary N) is 1. The molecule has 19 heavy (non-hydrogen) atoms. The molecule has 0 saturated carbocycles. The van der Waals surface area contributed by atoms with Gasteiger partial charge < -0.3 is 10.2 Å². The molecule has 1 aromatic rings. The first kappa shape index (κ1) is 14.3. The molecule has 0 amide bonds. The Bertz CT molecular complexity index is 391. The van der Waals surface area contributed by atoms with Gasteiger partial charge in [0.25, 0.3) is 0 Å². The Kier molecular flexibility index (Phi) is 5.20. The number of piperidine rings is 1. The number of pyridine rings is 1. The van der Waals surface area contributed by atoms with Gasteiger partial charge in [0.05, 0.1) is 0 Å². The molecule has 0 radical (unpaired) electrons. The van der Waals surface area contributed by atoms with Crippen LogP contribution < -0.4 is 10.2 Å². The Morgan fingerprint density at radius 1 is 1.37 bits per heavy atom. The third-order valence-electron chi connectivity index (χ3n) is 4.05. The largest absolute Gasteiger partial charge is 0.368 e. The average molecular weight is 261 g/mol. The summed E-state index contributed by atoms with van der Waals surface area (Å²) in [5, 5.41) is 3.49.